The number of nitrogens with two attached hydrogens (primary N) is 1. The molecule has 1 aromatic heterocycles. The zero-order chi connectivity index (χ0) is 15.2. The Hall–Kier alpha value is -1.47. The molecule has 120 valence electrons. The first kappa shape index (κ1) is 15.4. The van der Waals surface area contributed by atoms with E-state index in [1.54, 1.807) is 6.20 Å². The van der Waals surface area contributed by atoms with Crippen LogP contribution in [0, 0.1) is 0 Å². The van der Waals surface area contributed by atoms with E-state index in [-0.39, 0.29) is 6.10 Å². The van der Waals surface area contributed by atoms with Gasteiger partial charge in [0.25, 0.3) is 0 Å². The minimum atomic E-state index is 0.113. The standard InChI is InChI=1S/C15H22N4O2S/c16-15(19-4-7-22-8-5-19)18-10-12-1-3-17-14(9-12)21-13-2-6-20-11-13/h1,3,9,13H,2,4-8,10-11H2,(H2,16,18). The minimum Gasteiger partial charge on any atom is -0.472 e. The fourth-order valence-corrected chi connectivity index (χ4v) is 3.36. The zero-order valence-electron chi connectivity index (χ0n) is 12.6. The molecule has 0 amide bonds. The van der Waals surface area contributed by atoms with Crippen molar-refractivity contribution in [2.24, 2.45) is 10.7 Å². The van der Waals surface area contributed by atoms with Gasteiger partial charge in [-0.05, 0) is 11.6 Å². The topological polar surface area (TPSA) is 73.0 Å². The maximum absolute atomic E-state index is 6.07. The summed E-state index contributed by atoms with van der Waals surface area (Å²) in [6.45, 7) is 3.91. The van der Waals surface area contributed by atoms with Gasteiger partial charge in [-0.15, -0.1) is 0 Å². The van der Waals surface area contributed by atoms with Crippen LogP contribution in [0.25, 0.3) is 0 Å². The molecule has 0 aliphatic carbocycles. The normalized spacial score (nSPS) is 22.8. The minimum absolute atomic E-state index is 0.113. The van der Waals surface area contributed by atoms with E-state index in [0.29, 0.717) is 25.0 Å². The van der Waals surface area contributed by atoms with Gasteiger partial charge in [-0.2, -0.15) is 11.8 Å². The first-order valence-electron chi connectivity index (χ1n) is 7.63. The lowest BCUT2D eigenvalue weighted by atomic mass is 10.2. The Morgan fingerprint density at radius 1 is 1.50 bits per heavy atom. The van der Waals surface area contributed by atoms with Crippen molar-refractivity contribution in [1.82, 2.24) is 9.88 Å². The highest BCUT2D eigenvalue weighted by Crippen LogP contribution is 2.16. The number of rotatable bonds is 4. The molecule has 1 atom stereocenters. The molecule has 0 saturated carbocycles. The average molecular weight is 322 g/mol. The molecule has 22 heavy (non-hydrogen) atoms. The lowest BCUT2D eigenvalue weighted by Crippen LogP contribution is -2.42. The van der Waals surface area contributed by atoms with Crippen LogP contribution in [0.5, 0.6) is 5.88 Å². The number of hydrogen-bond donors (Lipinski definition) is 1. The number of hydrogen-bond acceptors (Lipinski definition) is 5. The van der Waals surface area contributed by atoms with Gasteiger partial charge in [0.15, 0.2) is 5.96 Å². The largest absolute Gasteiger partial charge is 0.472 e. The number of aromatic nitrogens is 1. The SMILES string of the molecule is NC(=NCc1ccnc(OC2CCOC2)c1)N1CCSCC1. The zero-order valence-corrected chi connectivity index (χ0v) is 13.4. The maximum Gasteiger partial charge on any atom is 0.213 e. The van der Waals surface area contributed by atoms with Crippen LogP contribution in [-0.2, 0) is 11.3 Å². The average Bonchev–Trinajstić information content (AvgIpc) is 3.07. The van der Waals surface area contributed by atoms with E-state index in [1.165, 1.54) is 0 Å². The molecule has 0 spiro atoms. The van der Waals surface area contributed by atoms with Crippen LogP contribution in [-0.4, -0.2) is 59.8 Å². The fraction of sp³-hybridized carbons (Fsp3) is 0.600. The quantitative estimate of drug-likeness (QED) is 0.661. The Bertz CT molecular complexity index is 514. The van der Waals surface area contributed by atoms with Crippen molar-refractivity contribution in [1.29, 1.82) is 0 Å². The first-order chi connectivity index (χ1) is 10.8. The van der Waals surface area contributed by atoms with E-state index < -0.39 is 0 Å². The summed E-state index contributed by atoms with van der Waals surface area (Å²) in [4.78, 5) is 10.9. The van der Waals surface area contributed by atoms with Gasteiger partial charge >= 0.3 is 0 Å². The first-order valence-corrected chi connectivity index (χ1v) is 8.79. The number of guanidine groups is 1. The summed E-state index contributed by atoms with van der Waals surface area (Å²) in [7, 11) is 0. The third-order valence-electron chi connectivity index (χ3n) is 3.73. The molecule has 2 aliphatic rings. The van der Waals surface area contributed by atoms with Gasteiger partial charge in [0.05, 0.1) is 19.8 Å². The molecule has 7 heteroatoms. The second-order valence-corrected chi connectivity index (χ2v) is 6.60. The highest BCUT2D eigenvalue weighted by molar-refractivity contribution is 7.99. The summed E-state index contributed by atoms with van der Waals surface area (Å²) in [6.07, 6.45) is 2.79. The predicted octanol–water partition coefficient (Wildman–Crippen LogP) is 1.11. The van der Waals surface area contributed by atoms with Crippen LogP contribution in [0.4, 0.5) is 0 Å². The third kappa shape index (κ3) is 4.27. The van der Waals surface area contributed by atoms with E-state index in [0.717, 1.165) is 43.2 Å². The van der Waals surface area contributed by atoms with Crippen molar-refractivity contribution in [3.05, 3.63) is 23.9 Å². The Labute approximate surface area is 135 Å². The highest BCUT2D eigenvalue weighted by Gasteiger charge is 2.17. The van der Waals surface area contributed by atoms with Crippen LogP contribution in [0.15, 0.2) is 23.3 Å². The maximum atomic E-state index is 6.07. The van der Waals surface area contributed by atoms with Gasteiger partial charge in [0.1, 0.15) is 6.10 Å². The molecule has 3 rings (SSSR count). The monoisotopic (exact) mass is 322 g/mol. The van der Waals surface area contributed by atoms with Crippen LogP contribution < -0.4 is 10.5 Å². The molecule has 1 unspecified atom stereocenters. The molecule has 0 bridgehead atoms. The van der Waals surface area contributed by atoms with Crippen LogP contribution in [0.1, 0.15) is 12.0 Å². The van der Waals surface area contributed by atoms with Gasteiger partial charge in [-0.3, -0.25) is 0 Å². The van der Waals surface area contributed by atoms with E-state index in [1.807, 2.05) is 23.9 Å². The van der Waals surface area contributed by atoms with Gasteiger partial charge in [-0.25, -0.2) is 9.98 Å². The molecule has 2 saturated heterocycles. The second-order valence-electron chi connectivity index (χ2n) is 5.38. The number of ether oxygens (including phenoxy) is 2. The Balaban J connectivity index is 1.57. The van der Waals surface area contributed by atoms with Crippen molar-refractivity contribution in [2.45, 2.75) is 19.1 Å². The van der Waals surface area contributed by atoms with Gasteiger partial charge in [0, 0.05) is 43.3 Å². The fourth-order valence-electron chi connectivity index (χ4n) is 2.45. The van der Waals surface area contributed by atoms with Crippen molar-refractivity contribution < 1.29 is 9.47 Å². The summed E-state index contributed by atoms with van der Waals surface area (Å²) in [5.41, 5.74) is 7.12. The molecule has 2 fully saturated rings. The van der Waals surface area contributed by atoms with Crippen LogP contribution in [0.3, 0.4) is 0 Å². The summed E-state index contributed by atoms with van der Waals surface area (Å²) >= 11 is 1.96. The van der Waals surface area contributed by atoms with Crippen LogP contribution in [0.2, 0.25) is 0 Å². The van der Waals surface area contributed by atoms with E-state index >= 15 is 0 Å². The molecule has 6 nitrogen and oxygen atoms in total. The van der Waals surface area contributed by atoms with Crippen LogP contribution >= 0.6 is 11.8 Å². The van der Waals surface area contributed by atoms with Crippen molar-refractivity contribution in [3.8, 4) is 5.88 Å². The smallest absolute Gasteiger partial charge is 0.213 e. The molecule has 2 N–H and O–H groups in total. The Kier molecular flexibility index (Phi) is 5.39. The molecular formula is C15H22N4O2S. The molecule has 1 aromatic rings. The number of aliphatic imine (C=N–C) groups is 1. The van der Waals surface area contributed by atoms with E-state index in [9.17, 15) is 0 Å². The van der Waals surface area contributed by atoms with Gasteiger partial charge in [0.2, 0.25) is 5.88 Å². The van der Waals surface area contributed by atoms with E-state index in [4.69, 9.17) is 15.2 Å². The molecule has 3 heterocycles. The second kappa shape index (κ2) is 7.69. The van der Waals surface area contributed by atoms with Gasteiger partial charge < -0.3 is 20.1 Å². The number of pyridine rings is 1. The number of thioether (sulfide) groups is 1. The van der Waals surface area contributed by atoms with E-state index in [2.05, 4.69) is 14.9 Å². The summed E-state index contributed by atoms with van der Waals surface area (Å²) in [6, 6.07) is 3.88. The Morgan fingerprint density at radius 3 is 3.14 bits per heavy atom. The lowest BCUT2D eigenvalue weighted by Gasteiger charge is -2.27. The Morgan fingerprint density at radius 2 is 2.36 bits per heavy atom. The highest BCUT2D eigenvalue weighted by atomic mass is 32.2. The molecule has 0 aromatic carbocycles. The lowest BCUT2D eigenvalue weighted by molar-refractivity contribution is 0.138. The predicted molar refractivity (Wildman–Crippen MR) is 88.3 cm³/mol. The molecular weight excluding hydrogens is 300 g/mol. The third-order valence-corrected chi connectivity index (χ3v) is 4.68. The summed E-state index contributed by atoms with van der Waals surface area (Å²) in [5.74, 6) is 3.50. The summed E-state index contributed by atoms with van der Waals surface area (Å²) < 4.78 is 11.1. The molecule has 0 radical (unpaired) electrons. The van der Waals surface area contributed by atoms with Gasteiger partial charge in [-0.1, -0.05) is 0 Å². The van der Waals surface area contributed by atoms with Crippen molar-refractivity contribution in [3.63, 3.8) is 0 Å². The number of nitrogens with zero attached hydrogens (tertiary/aromatic N) is 3. The van der Waals surface area contributed by atoms with Crippen molar-refractivity contribution >= 4 is 17.7 Å². The van der Waals surface area contributed by atoms with Crippen molar-refractivity contribution in [2.75, 3.05) is 37.8 Å². The summed E-state index contributed by atoms with van der Waals surface area (Å²) in [5, 5.41) is 0. The molecule has 2 aliphatic heterocycles.